The molecule has 2 aromatic rings. The maximum Gasteiger partial charge on any atom is 0.416 e. The molecule has 0 bridgehead atoms. The molecule has 2 saturated heterocycles. The number of halogens is 5. The molecule has 0 spiro atoms. The summed E-state index contributed by atoms with van der Waals surface area (Å²) in [5, 5.41) is 2.62. The molecule has 2 heterocycles. The van der Waals surface area contributed by atoms with Crippen molar-refractivity contribution in [1.29, 1.82) is 0 Å². The predicted molar refractivity (Wildman–Crippen MR) is 117 cm³/mol. The Labute approximate surface area is 203 Å². The molecule has 194 valence electrons. The Bertz CT molecular complexity index is 1260. The normalized spacial score (nSPS) is 20.1. The van der Waals surface area contributed by atoms with Gasteiger partial charge in [0.15, 0.2) is 0 Å². The Morgan fingerprint density at radius 2 is 1.72 bits per heavy atom. The van der Waals surface area contributed by atoms with Gasteiger partial charge in [-0.3, -0.25) is 9.59 Å². The molecule has 0 aliphatic carbocycles. The van der Waals surface area contributed by atoms with Crippen LogP contribution >= 0.6 is 0 Å². The molecule has 2 aliphatic rings. The van der Waals surface area contributed by atoms with E-state index in [0.717, 1.165) is 18.2 Å². The van der Waals surface area contributed by atoms with Gasteiger partial charge < -0.3 is 10.2 Å². The van der Waals surface area contributed by atoms with Crippen molar-refractivity contribution < 1.29 is 40.0 Å². The minimum atomic E-state index is -4.47. The van der Waals surface area contributed by atoms with Crippen molar-refractivity contribution in [3.05, 3.63) is 65.2 Å². The number of carbonyl (C=O) groups is 2. The summed E-state index contributed by atoms with van der Waals surface area (Å²) in [5.74, 6) is -4.17. The molecule has 2 aromatic carbocycles. The summed E-state index contributed by atoms with van der Waals surface area (Å²) in [4.78, 5) is 26.9. The van der Waals surface area contributed by atoms with E-state index in [4.69, 9.17) is 0 Å². The van der Waals surface area contributed by atoms with Crippen molar-refractivity contribution in [2.24, 2.45) is 0 Å². The third-order valence-corrected chi connectivity index (χ3v) is 7.89. The third-order valence-electron chi connectivity index (χ3n) is 6.10. The maximum atomic E-state index is 13.2. The second-order valence-corrected chi connectivity index (χ2v) is 10.7. The zero-order valence-electron chi connectivity index (χ0n) is 18.8. The standard InChI is InChI=1S/C23H22F5N3O4S/c24-22(25)13-30(14-22)36(34,35)18-4-1-3-16(11-18)21(33)31-10-2-5-19(31)20(32)29-12-15-6-8-17(9-7-15)23(26,27)28/h1,3-4,6-9,11,19H,2,5,10,12-14H2,(H,29,32)/t19-/m1/s1. The van der Waals surface area contributed by atoms with Crippen molar-refractivity contribution in [2.45, 2.75) is 42.4 Å². The largest absolute Gasteiger partial charge is 0.416 e. The van der Waals surface area contributed by atoms with Gasteiger partial charge in [-0.25, -0.2) is 17.2 Å². The van der Waals surface area contributed by atoms with E-state index in [1.165, 1.54) is 35.2 Å². The van der Waals surface area contributed by atoms with Crippen LogP contribution in [0.4, 0.5) is 22.0 Å². The lowest BCUT2D eigenvalue weighted by Crippen LogP contribution is -2.58. The third kappa shape index (κ3) is 5.36. The van der Waals surface area contributed by atoms with E-state index < -0.39 is 58.6 Å². The monoisotopic (exact) mass is 531 g/mol. The first-order valence-corrected chi connectivity index (χ1v) is 12.4. The Hall–Kier alpha value is -3.06. The molecule has 2 fully saturated rings. The second kappa shape index (κ2) is 9.43. The fraction of sp³-hybridized carbons (Fsp3) is 0.391. The van der Waals surface area contributed by atoms with Crippen molar-refractivity contribution in [2.75, 3.05) is 19.6 Å². The van der Waals surface area contributed by atoms with Crippen LogP contribution in [0.2, 0.25) is 0 Å². The lowest BCUT2D eigenvalue weighted by atomic mass is 10.1. The Kier molecular flexibility index (Phi) is 6.82. The second-order valence-electron chi connectivity index (χ2n) is 8.73. The van der Waals surface area contributed by atoms with Gasteiger partial charge in [0.2, 0.25) is 15.9 Å². The minimum absolute atomic E-state index is 0.00852. The summed E-state index contributed by atoms with van der Waals surface area (Å²) >= 11 is 0. The van der Waals surface area contributed by atoms with Crippen LogP contribution in [0.3, 0.4) is 0 Å². The zero-order chi connectivity index (χ0) is 26.3. The topological polar surface area (TPSA) is 86.8 Å². The number of hydrogen-bond donors (Lipinski definition) is 1. The summed E-state index contributed by atoms with van der Waals surface area (Å²) in [6.07, 6.45) is -3.60. The van der Waals surface area contributed by atoms with E-state index in [2.05, 4.69) is 5.32 Å². The number of likely N-dealkylation sites (tertiary alicyclic amines) is 1. The van der Waals surface area contributed by atoms with Crippen LogP contribution in [-0.2, 0) is 27.5 Å². The van der Waals surface area contributed by atoms with E-state index in [1.54, 1.807) is 0 Å². The number of alkyl halides is 5. The fourth-order valence-electron chi connectivity index (χ4n) is 4.15. The first-order valence-electron chi connectivity index (χ1n) is 11.0. The van der Waals surface area contributed by atoms with Crippen LogP contribution in [0.25, 0.3) is 0 Å². The van der Waals surface area contributed by atoms with E-state index in [9.17, 15) is 40.0 Å². The molecule has 0 aromatic heterocycles. The van der Waals surface area contributed by atoms with Gasteiger partial charge in [-0.15, -0.1) is 0 Å². The molecular weight excluding hydrogens is 509 g/mol. The first kappa shape index (κ1) is 26.0. The first-order chi connectivity index (χ1) is 16.8. The fourth-order valence-corrected chi connectivity index (χ4v) is 5.69. The molecule has 0 radical (unpaired) electrons. The van der Waals surface area contributed by atoms with Crippen molar-refractivity contribution in [3.8, 4) is 0 Å². The average molecular weight is 532 g/mol. The number of carbonyl (C=O) groups excluding carboxylic acids is 2. The van der Waals surface area contributed by atoms with Crippen LogP contribution in [0, 0.1) is 0 Å². The zero-order valence-corrected chi connectivity index (χ0v) is 19.6. The summed E-state index contributed by atoms with van der Waals surface area (Å²) in [7, 11) is -4.20. The van der Waals surface area contributed by atoms with E-state index in [1.807, 2.05) is 0 Å². The van der Waals surface area contributed by atoms with E-state index in [-0.39, 0.29) is 23.5 Å². The SMILES string of the molecule is O=C(NCc1ccc(C(F)(F)F)cc1)[C@H]1CCCN1C(=O)c1cccc(S(=O)(=O)N2CC(F)(F)C2)c1. The highest BCUT2D eigenvalue weighted by molar-refractivity contribution is 7.89. The van der Waals surface area contributed by atoms with Crippen LogP contribution in [-0.4, -0.2) is 61.0 Å². The van der Waals surface area contributed by atoms with Crippen LogP contribution < -0.4 is 5.32 Å². The van der Waals surface area contributed by atoms with Gasteiger partial charge in [-0.05, 0) is 48.7 Å². The predicted octanol–water partition coefficient (Wildman–Crippen LogP) is 3.27. The number of rotatable bonds is 6. The summed E-state index contributed by atoms with van der Waals surface area (Å²) in [5.41, 5.74) is -0.371. The van der Waals surface area contributed by atoms with Gasteiger partial charge in [0, 0.05) is 18.7 Å². The quantitative estimate of drug-likeness (QED) is 0.580. The molecule has 7 nitrogen and oxygen atoms in total. The van der Waals surface area contributed by atoms with Gasteiger partial charge >= 0.3 is 6.18 Å². The van der Waals surface area contributed by atoms with Gasteiger partial charge in [0.1, 0.15) is 6.04 Å². The van der Waals surface area contributed by atoms with Crippen LogP contribution in [0.1, 0.15) is 34.3 Å². The number of amides is 2. The number of nitrogens with zero attached hydrogens (tertiary/aromatic N) is 2. The van der Waals surface area contributed by atoms with Gasteiger partial charge in [-0.1, -0.05) is 18.2 Å². The molecule has 1 atom stereocenters. The molecule has 13 heteroatoms. The molecule has 0 unspecified atom stereocenters. The summed E-state index contributed by atoms with van der Waals surface area (Å²) in [6, 6.07) is 8.49. The maximum absolute atomic E-state index is 13.2. The van der Waals surface area contributed by atoms with Crippen molar-refractivity contribution in [3.63, 3.8) is 0 Å². The smallest absolute Gasteiger partial charge is 0.350 e. The van der Waals surface area contributed by atoms with Gasteiger partial charge in [-0.2, -0.15) is 17.5 Å². The van der Waals surface area contributed by atoms with Crippen LogP contribution in [0.5, 0.6) is 0 Å². The Morgan fingerprint density at radius 3 is 2.33 bits per heavy atom. The lowest BCUT2D eigenvalue weighted by Gasteiger charge is -2.37. The molecule has 2 amide bonds. The van der Waals surface area contributed by atoms with Crippen molar-refractivity contribution in [1.82, 2.24) is 14.5 Å². The summed E-state index contributed by atoms with van der Waals surface area (Å²) < 4.78 is 90.3. The lowest BCUT2D eigenvalue weighted by molar-refractivity contribution is -0.137. The highest BCUT2D eigenvalue weighted by Gasteiger charge is 2.50. The van der Waals surface area contributed by atoms with Gasteiger partial charge in [0.05, 0.1) is 23.5 Å². The van der Waals surface area contributed by atoms with Crippen LogP contribution in [0.15, 0.2) is 53.4 Å². The number of benzene rings is 2. The minimum Gasteiger partial charge on any atom is -0.350 e. The summed E-state index contributed by atoms with van der Waals surface area (Å²) in [6.45, 7) is -1.65. The van der Waals surface area contributed by atoms with E-state index in [0.29, 0.717) is 22.7 Å². The molecular formula is C23H22F5N3O4S. The number of nitrogens with one attached hydrogen (secondary N) is 1. The Morgan fingerprint density at radius 1 is 1.06 bits per heavy atom. The molecule has 2 aliphatic heterocycles. The van der Waals surface area contributed by atoms with E-state index >= 15 is 0 Å². The molecule has 1 N–H and O–H groups in total. The number of hydrogen-bond acceptors (Lipinski definition) is 4. The average Bonchev–Trinajstić information content (AvgIpc) is 3.30. The molecule has 36 heavy (non-hydrogen) atoms. The molecule has 4 rings (SSSR count). The van der Waals surface area contributed by atoms with Gasteiger partial charge in [0.25, 0.3) is 11.8 Å². The number of sulfonamides is 1. The molecule has 0 saturated carbocycles. The Balaban J connectivity index is 1.42. The van der Waals surface area contributed by atoms with Crippen molar-refractivity contribution >= 4 is 21.8 Å². The highest BCUT2D eigenvalue weighted by atomic mass is 32.2. The highest BCUT2D eigenvalue weighted by Crippen LogP contribution is 2.33.